The van der Waals surface area contributed by atoms with Crippen LogP contribution in [0.25, 0.3) is 11.1 Å². The summed E-state index contributed by atoms with van der Waals surface area (Å²) in [4.78, 5) is 37.6. The van der Waals surface area contributed by atoms with Crippen molar-refractivity contribution >= 4 is 27.9 Å². The van der Waals surface area contributed by atoms with Gasteiger partial charge in [0.2, 0.25) is 5.91 Å². The second-order valence-electron chi connectivity index (χ2n) is 8.51. The molecule has 0 saturated carbocycles. The molecule has 0 aromatic heterocycles. The summed E-state index contributed by atoms with van der Waals surface area (Å²) in [5, 5.41) is 18.7. The van der Waals surface area contributed by atoms with Crippen LogP contribution in [0.2, 0.25) is 0 Å². The molecule has 1 saturated heterocycles. The average Bonchev–Trinajstić information content (AvgIpc) is 2.88. The minimum absolute atomic E-state index is 0.0166. The number of sulfone groups is 1. The molecule has 11 heteroatoms. The van der Waals surface area contributed by atoms with E-state index in [1.165, 1.54) is 20.1 Å². The lowest BCUT2D eigenvalue weighted by atomic mass is 10.0. The molecular formula is C26H37N3O7S. The van der Waals surface area contributed by atoms with Gasteiger partial charge >= 0.3 is 0 Å². The number of likely N-dealkylation sites (N-methyl/N-ethyl adjacent to an activating group) is 1. The molecular weight excluding hydrogens is 498 g/mol. The largest absolute Gasteiger partial charge is 0.394 e. The van der Waals surface area contributed by atoms with E-state index < -0.39 is 15.9 Å². The number of nitrogens with one attached hydrogen (secondary N) is 1. The summed E-state index contributed by atoms with van der Waals surface area (Å²) in [6.45, 7) is 5.85. The van der Waals surface area contributed by atoms with Gasteiger partial charge in [0.1, 0.15) is 6.29 Å². The molecule has 37 heavy (non-hydrogen) atoms. The Bertz CT molecular complexity index is 1090. The second kappa shape index (κ2) is 15.9. The highest BCUT2D eigenvalue weighted by Gasteiger charge is 2.19. The van der Waals surface area contributed by atoms with Gasteiger partial charge in [0, 0.05) is 38.0 Å². The van der Waals surface area contributed by atoms with Gasteiger partial charge in [0.15, 0.2) is 9.84 Å². The van der Waals surface area contributed by atoms with E-state index in [4.69, 9.17) is 15.0 Å². The average molecular weight is 536 g/mol. The number of hydrogen-bond acceptors (Lipinski definition) is 8. The summed E-state index contributed by atoms with van der Waals surface area (Å²) in [6, 6.07) is 13.6. The number of amides is 2. The first-order chi connectivity index (χ1) is 17.4. The first-order valence-corrected chi connectivity index (χ1v) is 13.7. The Hall–Kier alpha value is -3.12. The van der Waals surface area contributed by atoms with Crippen molar-refractivity contribution in [1.82, 2.24) is 15.1 Å². The summed E-state index contributed by atoms with van der Waals surface area (Å²) < 4.78 is 23.1. The van der Waals surface area contributed by atoms with Gasteiger partial charge in [-0.1, -0.05) is 24.3 Å². The zero-order chi connectivity index (χ0) is 28.0. The van der Waals surface area contributed by atoms with E-state index in [1.807, 2.05) is 7.05 Å². The molecule has 1 unspecified atom stereocenters. The Morgan fingerprint density at radius 1 is 1.00 bits per heavy atom. The fourth-order valence-corrected chi connectivity index (χ4v) is 3.76. The number of nitrogens with zero attached hydrogens (tertiary/aromatic N) is 2. The molecule has 204 valence electrons. The number of piperazine rings is 1. The number of carbonyl (C=O) groups is 3. The number of aliphatic hydroxyl groups is 2. The van der Waals surface area contributed by atoms with Crippen LogP contribution in [0.3, 0.4) is 0 Å². The van der Waals surface area contributed by atoms with Crippen molar-refractivity contribution in [3.8, 4) is 11.1 Å². The Morgan fingerprint density at radius 3 is 1.84 bits per heavy atom. The number of carbonyl (C=O) groups excluding carboxylic acids is 3. The molecule has 2 amide bonds. The summed E-state index contributed by atoms with van der Waals surface area (Å²) in [6.07, 6.45) is 1.36. The predicted molar refractivity (Wildman–Crippen MR) is 142 cm³/mol. The monoisotopic (exact) mass is 535 g/mol. The van der Waals surface area contributed by atoms with Crippen LogP contribution in [-0.2, 0) is 19.4 Å². The van der Waals surface area contributed by atoms with Gasteiger partial charge in [0.25, 0.3) is 5.91 Å². The van der Waals surface area contributed by atoms with Gasteiger partial charge < -0.3 is 30.1 Å². The molecule has 1 aliphatic rings. The molecule has 0 radical (unpaired) electrons. The zero-order valence-corrected chi connectivity index (χ0v) is 22.6. The van der Waals surface area contributed by atoms with Crippen LogP contribution >= 0.6 is 0 Å². The maximum atomic E-state index is 12.3. The van der Waals surface area contributed by atoms with E-state index in [0.717, 1.165) is 30.5 Å². The maximum Gasteiger partial charge on any atom is 0.251 e. The quantitative estimate of drug-likeness (QED) is 0.462. The van der Waals surface area contributed by atoms with Crippen molar-refractivity contribution < 1.29 is 33.0 Å². The number of rotatable bonds is 6. The summed E-state index contributed by atoms with van der Waals surface area (Å²) >= 11 is 0. The SMILES string of the molecule is CC(O)CO.CC=O.CN1CCN(C(=O)CNC(=O)c2ccc(-c3ccc(S(C)(=O)=O)cc3)cc2)CC1. The molecule has 1 heterocycles. The Labute approximate surface area is 218 Å². The maximum absolute atomic E-state index is 12.3. The number of hydrogen-bond donors (Lipinski definition) is 3. The Morgan fingerprint density at radius 2 is 1.43 bits per heavy atom. The molecule has 3 N–H and O–H groups in total. The van der Waals surface area contributed by atoms with Gasteiger partial charge in [-0.2, -0.15) is 0 Å². The smallest absolute Gasteiger partial charge is 0.251 e. The molecule has 3 rings (SSSR count). The lowest BCUT2D eigenvalue weighted by Gasteiger charge is -2.32. The summed E-state index contributed by atoms with van der Waals surface area (Å²) in [7, 11) is -1.21. The van der Waals surface area contributed by atoms with Gasteiger partial charge in [0.05, 0.1) is 24.2 Å². The van der Waals surface area contributed by atoms with Crippen molar-refractivity contribution in [1.29, 1.82) is 0 Å². The van der Waals surface area contributed by atoms with E-state index >= 15 is 0 Å². The van der Waals surface area contributed by atoms with Gasteiger partial charge in [-0.3, -0.25) is 9.59 Å². The van der Waals surface area contributed by atoms with E-state index in [9.17, 15) is 18.0 Å². The van der Waals surface area contributed by atoms with E-state index in [2.05, 4.69) is 10.2 Å². The number of aliphatic hydroxyl groups excluding tert-OH is 2. The fraction of sp³-hybridized carbons (Fsp3) is 0.423. The molecule has 0 aliphatic carbocycles. The predicted octanol–water partition coefficient (Wildman–Crippen LogP) is 0.826. The highest BCUT2D eigenvalue weighted by Crippen LogP contribution is 2.22. The van der Waals surface area contributed by atoms with Crippen molar-refractivity contribution in [2.75, 3.05) is 52.6 Å². The normalized spacial score (nSPS) is 14.3. The second-order valence-corrected chi connectivity index (χ2v) is 10.5. The van der Waals surface area contributed by atoms with Crippen LogP contribution in [0.5, 0.6) is 0 Å². The van der Waals surface area contributed by atoms with Crippen molar-refractivity contribution in [3.63, 3.8) is 0 Å². The summed E-state index contributed by atoms with van der Waals surface area (Å²) in [5.74, 6) is -0.375. The van der Waals surface area contributed by atoms with Crippen LogP contribution in [0.15, 0.2) is 53.4 Å². The standard InChI is InChI=1S/C21H25N3O4S.C3H8O2.C2H4O/c1-23-11-13-24(14-12-23)20(25)15-22-21(26)18-5-3-16(4-6-18)17-7-9-19(10-8-17)29(2,27)28;1-3(5)2-4;1-2-3/h3-10H,11-15H2,1-2H3,(H,22,26);3-5H,2H2,1H3;2H,1H3. The Balaban J connectivity index is 0.000000751. The van der Waals surface area contributed by atoms with Crippen molar-refractivity contribution in [2.45, 2.75) is 24.8 Å². The zero-order valence-electron chi connectivity index (χ0n) is 21.8. The minimum Gasteiger partial charge on any atom is -0.394 e. The lowest BCUT2D eigenvalue weighted by Crippen LogP contribution is -2.50. The Kier molecular flexibility index (Phi) is 13.7. The first-order valence-electron chi connectivity index (χ1n) is 11.8. The lowest BCUT2D eigenvalue weighted by molar-refractivity contribution is -0.131. The molecule has 2 aromatic carbocycles. The molecule has 1 atom stereocenters. The fourth-order valence-electron chi connectivity index (χ4n) is 3.13. The highest BCUT2D eigenvalue weighted by molar-refractivity contribution is 7.90. The third-order valence-corrected chi connectivity index (χ3v) is 6.41. The molecule has 10 nitrogen and oxygen atoms in total. The molecule has 0 spiro atoms. The van der Waals surface area contributed by atoms with Gasteiger partial charge in [-0.25, -0.2) is 8.42 Å². The van der Waals surface area contributed by atoms with Gasteiger partial charge in [-0.15, -0.1) is 0 Å². The number of aldehydes is 1. The van der Waals surface area contributed by atoms with E-state index in [1.54, 1.807) is 53.4 Å². The molecule has 2 aromatic rings. The molecule has 1 aliphatic heterocycles. The van der Waals surface area contributed by atoms with Crippen LogP contribution in [0.1, 0.15) is 24.2 Å². The highest BCUT2D eigenvalue weighted by atomic mass is 32.2. The number of benzene rings is 2. The van der Waals surface area contributed by atoms with Crippen LogP contribution in [-0.4, -0.2) is 105 Å². The first kappa shape index (κ1) is 31.9. The van der Waals surface area contributed by atoms with Gasteiger partial charge in [-0.05, 0) is 56.3 Å². The van der Waals surface area contributed by atoms with Crippen LogP contribution in [0, 0.1) is 0 Å². The van der Waals surface area contributed by atoms with E-state index in [0.29, 0.717) is 18.7 Å². The van der Waals surface area contributed by atoms with Crippen LogP contribution in [0.4, 0.5) is 0 Å². The third-order valence-electron chi connectivity index (χ3n) is 5.28. The molecule has 0 bridgehead atoms. The molecule has 1 fully saturated rings. The van der Waals surface area contributed by atoms with Crippen molar-refractivity contribution in [3.05, 3.63) is 54.1 Å². The van der Waals surface area contributed by atoms with E-state index in [-0.39, 0.29) is 29.9 Å². The third kappa shape index (κ3) is 11.6. The topological polar surface area (TPSA) is 144 Å². The summed E-state index contributed by atoms with van der Waals surface area (Å²) in [5.41, 5.74) is 2.19. The van der Waals surface area contributed by atoms with Crippen molar-refractivity contribution in [2.24, 2.45) is 0 Å². The van der Waals surface area contributed by atoms with Crippen LogP contribution < -0.4 is 5.32 Å². The minimum atomic E-state index is -3.23.